The maximum absolute atomic E-state index is 13.8. The SMILES string of the molecule is CCCNC(=O)c1cn2ncnc(N(C(=O)OCOC(=O)Cc3ccc(O)cc3)c3cc(C(=O)NCC)ccc3C)c2c1C. The van der Waals surface area contributed by atoms with E-state index in [0.29, 0.717) is 46.4 Å². The molecule has 0 spiro atoms. The van der Waals surface area contributed by atoms with Gasteiger partial charge in [0.25, 0.3) is 11.8 Å². The van der Waals surface area contributed by atoms with E-state index in [1.165, 1.54) is 29.0 Å². The van der Waals surface area contributed by atoms with Gasteiger partial charge < -0.3 is 25.2 Å². The van der Waals surface area contributed by atoms with Crippen molar-refractivity contribution >= 4 is 40.9 Å². The number of nitrogens with one attached hydrogen (secondary N) is 2. The van der Waals surface area contributed by atoms with Crippen LogP contribution in [0.4, 0.5) is 16.3 Å². The predicted molar refractivity (Wildman–Crippen MR) is 161 cm³/mol. The Bertz CT molecular complexity index is 1680. The maximum Gasteiger partial charge on any atom is 0.423 e. The lowest BCUT2D eigenvalue weighted by Gasteiger charge is -2.24. The number of carbonyl (C=O) groups is 4. The number of fused-ring (bicyclic) bond motifs is 1. The summed E-state index contributed by atoms with van der Waals surface area (Å²) in [5, 5.41) is 19.3. The second-order valence-corrected chi connectivity index (χ2v) is 9.88. The third-order valence-corrected chi connectivity index (χ3v) is 6.72. The number of carbonyl (C=O) groups excluding carboxylic acids is 4. The van der Waals surface area contributed by atoms with Gasteiger partial charge in [-0.05, 0) is 68.1 Å². The average Bonchev–Trinajstić information content (AvgIpc) is 3.35. The molecule has 4 rings (SSSR count). The summed E-state index contributed by atoms with van der Waals surface area (Å²) in [6.07, 6.45) is 2.48. The van der Waals surface area contributed by atoms with Crippen molar-refractivity contribution in [2.24, 2.45) is 0 Å². The summed E-state index contributed by atoms with van der Waals surface area (Å²) < 4.78 is 12.0. The summed E-state index contributed by atoms with van der Waals surface area (Å²) >= 11 is 0. The van der Waals surface area contributed by atoms with E-state index in [2.05, 4.69) is 20.7 Å². The van der Waals surface area contributed by atoms with E-state index in [1.807, 2.05) is 6.92 Å². The van der Waals surface area contributed by atoms with Crippen LogP contribution in [0.3, 0.4) is 0 Å². The Hall–Kier alpha value is -5.46. The first-order chi connectivity index (χ1) is 21.1. The van der Waals surface area contributed by atoms with Crippen LogP contribution in [0.1, 0.15) is 57.7 Å². The fourth-order valence-electron chi connectivity index (χ4n) is 4.46. The molecule has 3 amide bonds. The molecule has 2 aromatic heterocycles. The molecule has 0 atom stereocenters. The van der Waals surface area contributed by atoms with Crippen LogP contribution in [0.25, 0.3) is 5.52 Å². The van der Waals surface area contributed by atoms with Gasteiger partial charge in [0, 0.05) is 24.8 Å². The first-order valence-electron chi connectivity index (χ1n) is 14.0. The second kappa shape index (κ2) is 14.1. The minimum absolute atomic E-state index is 0.0634. The molecule has 13 heteroatoms. The Kier molecular flexibility index (Phi) is 10.1. The van der Waals surface area contributed by atoms with Gasteiger partial charge in [-0.3, -0.25) is 14.4 Å². The molecule has 0 aliphatic carbocycles. The normalized spacial score (nSPS) is 10.7. The van der Waals surface area contributed by atoms with E-state index in [-0.39, 0.29) is 35.5 Å². The van der Waals surface area contributed by atoms with Crippen molar-refractivity contribution in [1.82, 2.24) is 25.2 Å². The third-order valence-electron chi connectivity index (χ3n) is 6.72. The van der Waals surface area contributed by atoms with Crippen LogP contribution in [-0.4, -0.2) is 63.5 Å². The van der Waals surface area contributed by atoms with Crippen LogP contribution in [-0.2, 0) is 20.7 Å². The molecular formula is C31H34N6O7. The smallest absolute Gasteiger partial charge is 0.423 e. The molecule has 0 unspecified atom stereocenters. The number of phenolic OH excluding ortho intramolecular Hbond substituents is 1. The number of aromatic nitrogens is 3. The number of aromatic hydroxyl groups is 1. The van der Waals surface area contributed by atoms with Gasteiger partial charge in [0.05, 0.1) is 17.7 Å². The van der Waals surface area contributed by atoms with Crippen molar-refractivity contribution in [3.63, 3.8) is 0 Å². The zero-order valence-electron chi connectivity index (χ0n) is 24.9. The Morgan fingerprint density at radius 1 is 0.977 bits per heavy atom. The van der Waals surface area contributed by atoms with E-state index >= 15 is 0 Å². The molecule has 0 bridgehead atoms. The Morgan fingerprint density at radius 2 is 1.73 bits per heavy atom. The van der Waals surface area contributed by atoms with Crippen molar-refractivity contribution in [3.8, 4) is 5.75 Å². The molecule has 2 heterocycles. The van der Waals surface area contributed by atoms with Crippen LogP contribution in [0, 0.1) is 13.8 Å². The van der Waals surface area contributed by atoms with E-state index in [9.17, 15) is 24.3 Å². The van der Waals surface area contributed by atoms with E-state index in [4.69, 9.17) is 9.47 Å². The van der Waals surface area contributed by atoms with Crippen molar-refractivity contribution < 1.29 is 33.8 Å². The zero-order valence-corrected chi connectivity index (χ0v) is 24.9. The molecule has 4 aromatic rings. The molecule has 0 fully saturated rings. The summed E-state index contributed by atoms with van der Waals surface area (Å²) in [6, 6.07) is 10.9. The zero-order chi connectivity index (χ0) is 31.8. The fraction of sp³-hybridized carbons (Fsp3) is 0.290. The summed E-state index contributed by atoms with van der Waals surface area (Å²) in [6.45, 7) is 7.39. The quantitative estimate of drug-likeness (QED) is 0.170. The molecule has 0 saturated heterocycles. The highest BCUT2D eigenvalue weighted by molar-refractivity contribution is 6.05. The Balaban J connectivity index is 1.70. The minimum atomic E-state index is -0.947. The lowest BCUT2D eigenvalue weighted by molar-refractivity contribution is -0.150. The van der Waals surface area contributed by atoms with Gasteiger partial charge in [0.1, 0.15) is 17.6 Å². The van der Waals surface area contributed by atoms with E-state index in [1.54, 1.807) is 51.2 Å². The highest BCUT2D eigenvalue weighted by Gasteiger charge is 2.29. The molecule has 0 aliphatic heterocycles. The summed E-state index contributed by atoms with van der Waals surface area (Å²) in [4.78, 5) is 57.3. The number of ether oxygens (including phenoxy) is 2. The number of nitrogens with zero attached hydrogens (tertiary/aromatic N) is 4. The van der Waals surface area contributed by atoms with Gasteiger partial charge in [-0.1, -0.05) is 25.1 Å². The highest BCUT2D eigenvalue weighted by Crippen LogP contribution is 2.34. The predicted octanol–water partition coefficient (Wildman–Crippen LogP) is 3.96. The maximum atomic E-state index is 13.8. The number of rotatable bonds is 11. The lowest BCUT2D eigenvalue weighted by atomic mass is 10.1. The first kappa shape index (κ1) is 31.5. The third kappa shape index (κ3) is 7.12. The number of amides is 3. The van der Waals surface area contributed by atoms with Crippen molar-refractivity contribution in [3.05, 3.63) is 82.8 Å². The van der Waals surface area contributed by atoms with Gasteiger partial charge in [-0.2, -0.15) is 5.10 Å². The number of hydrogen-bond acceptors (Lipinski definition) is 9. The summed E-state index contributed by atoms with van der Waals surface area (Å²) in [7, 11) is 0. The lowest BCUT2D eigenvalue weighted by Crippen LogP contribution is -2.31. The number of aryl methyl sites for hydroxylation is 2. The molecule has 230 valence electrons. The second-order valence-electron chi connectivity index (χ2n) is 9.88. The van der Waals surface area contributed by atoms with Gasteiger partial charge in [-0.25, -0.2) is 19.2 Å². The van der Waals surface area contributed by atoms with E-state index < -0.39 is 18.9 Å². The minimum Gasteiger partial charge on any atom is -0.508 e. The molecule has 3 N–H and O–H groups in total. The van der Waals surface area contributed by atoms with Gasteiger partial charge in [0.15, 0.2) is 5.82 Å². The first-order valence-corrected chi connectivity index (χ1v) is 14.0. The number of esters is 1. The largest absolute Gasteiger partial charge is 0.508 e. The molecule has 0 aliphatic rings. The monoisotopic (exact) mass is 602 g/mol. The van der Waals surface area contributed by atoms with Crippen LogP contribution < -0.4 is 15.5 Å². The number of anilines is 2. The van der Waals surface area contributed by atoms with Crippen molar-refractivity contribution in [2.75, 3.05) is 24.8 Å². The average molecular weight is 603 g/mol. The summed E-state index contributed by atoms with van der Waals surface area (Å²) in [5.74, 6) is -1.15. The molecule has 13 nitrogen and oxygen atoms in total. The van der Waals surface area contributed by atoms with Crippen molar-refractivity contribution in [2.45, 2.75) is 40.5 Å². The number of phenols is 1. The fourth-order valence-corrected chi connectivity index (χ4v) is 4.46. The van der Waals surface area contributed by atoms with Crippen LogP contribution in [0.15, 0.2) is 55.0 Å². The standard InChI is InChI=1S/C31H34N6O7/c1-5-13-33-30(41)24-16-36-27(20(24)4)28(34-17-35-36)37(25-15-22(10-7-19(25)3)29(40)32-6-2)31(42)44-18-43-26(39)14-21-8-11-23(38)12-9-21/h7-12,15-17,38H,5-6,13-14,18H2,1-4H3,(H,32,40)(H,33,41). The van der Waals surface area contributed by atoms with Gasteiger partial charge >= 0.3 is 12.1 Å². The molecular weight excluding hydrogens is 568 g/mol. The van der Waals surface area contributed by atoms with Crippen LogP contribution >= 0.6 is 0 Å². The van der Waals surface area contributed by atoms with Crippen LogP contribution in [0.2, 0.25) is 0 Å². The molecule has 0 saturated carbocycles. The van der Waals surface area contributed by atoms with Gasteiger partial charge in [0.2, 0.25) is 6.79 Å². The summed E-state index contributed by atoms with van der Waals surface area (Å²) in [5.41, 5.74) is 3.02. The molecule has 0 radical (unpaired) electrons. The Labute approximate surface area is 253 Å². The Morgan fingerprint density at radius 3 is 2.43 bits per heavy atom. The topological polar surface area (TPSA) is 164 Å². The highest BCUT2D eigenvalue weighted by atomic mass is 16.7. The molecule has 2 aromatic carbocycles. The van der Waals surface area contributed by atoms with E-state index in [0.717, 1.165) is 11.3 Å². The van der Waals surface area contributed by atoms with Gasteiger partial charge in [-0.15, -0.1) is 0 Å². The number of hydrogen-bond donors (Lipinski definition) is 3. The van der Waals surface area contributed by atoms with Crippen LogP contribution in [0.5, 0.6) is 5.75 Å². The number of benzene rings is 2. The molecule has 44 heavy (non-hydrogen) atoms. The van der Waals surface area contributed by atoms with Crippen molar-refractivity contribution in [1.29, 1.82) is 0 Å².